The minimum Gasteiger partial charge on any atom is -0.481 e. The summed E-state index contributed by atoms with van der Waals surface area (Å²) < 4.78 is 0. The number of nitrogens with one attached hydrogen (secondary N) is 1. The average Bonchev–Trinajstić information content (AvgIpc) is 1.64. The lowest BCUT2D eigenvalue weighted by Gasteiger charge is -2.08. The molecule has 3 nitrogen and oxygen atoms in total. The fourth-order valence-electron chi connectivity index (χ4n) is 0.549. The summed E-state index contributed by atoms with van der Waals surface area (Å²) in [6, 6.07) is 0. The van der Waals surface area contributed by atoms with E-state index in [9.17, 15) is 4.79 Å². The van der Waals surface area contributed by atoms with Crippen LogP contribution in [-0.4, -0.2) is 17.3 Å². The molecule has 0 aromatic heterocycles. The number of carboxylic acid groups (broad SMARTS) is 1. The molecule has 2 N–H and O–H groups in total. The second kappa shape index (κ2) is 3.22. The van der Waals surface area contributed by atoms with Gasteiger partial charge in [-0.2, -0.15) is 0 Å². The highest BCUT2D eigenvalue weighted by molar-refractivity contribution is 5.87. The molecule has 0 rings (SSSR count). The molecule has 0 radical (unpaired) electrons. The van der Waals surface area contributed by atoms with E-state index in [-0.39, 0.29) is 5.92 Å². The van der Waals surface area contributed by atoms with Crippen molar-refractivity contribution in [3.63, 3.8) is 0 Å². The summed E-state index contributed by atoms with van der Waals surface area (Å²) in [5.41, 5.74) is 0. The van der Waals surface area contributed by atoms with Crippen LogP contribution in [0, 0.1) is 17.2 Å². The predicted molar refractivity (Wildman–Crippen MR) is 34.7 cm³/mol. The highest BCUT2D eigenvalue weighted by Gasteiger charge is 2.17. The fourth-order valence-corrected chi connectivity index (χ4v) is 0.549. The first kappa shape index (κ1) is 8.14. The number of rotatable bonds is 3. The summed E-state index contributed by atoms with van der Waals surface area (Å²) in [7, 11) is 0. The lowest BCUT2D eigenvalue weighted by atomic mass is 9.98. The normalized spacial score (nSPS) is 13.2. The maximum absolute atomic E-state index is 10.2. The van der Waals surface area contributed by atoms with Crippen LogP contribution in [0.2, 0.25) is 0 Å². The summed E-state index contributed by atoms with van der Waals surface area (Å²) in [5.74, 6) is -1.52. The molecule has 0 aliphatic rings. The Morgan fingerprint density at radius 1 is 1.67 bits per heavy atom. The minimum atomic E-state index is -0.917. The maximum atomic E-state index is 10.2. The van der Waals surface area contributed by atoms with Crippen LogP contribution in [0.1, 0.15) is 13.8 Å². The molecule has 0 aliphatic heterocycles. The van der Waals surface area contributed by atoms with Crippen LogP contribution in [0.25, 0.3) is 0 Å². The first-order valence-electron chi connectivity index (χ1n) is 2.83. The highest BCUT2D eigenvalue weighted by atomic mass is 16.4. The Bertz CT molecular complexity index is 120. The van der Waals surface area contributed by atoms with Crippen LogP contribution < -0.4 is 0 Å². The Morgan fingerprint density at radius 2 is 2.11 bits per heavy atom. The van der Waals surface area contributed by atoms with Gasteiger partial charge in [0.1, 0.15) is 0 Å². The van der Waals surface area contributed by atoms with Gasteiger partial charge in [-0.05, 0) is 5.92 Å². The topological polar surface area (TPSA) is 61.2 Å². The Kier molecular flexibility index (Phi) is 2.91. The second-order valence-electron chi connectivity index (χ2n) is 2.27. The molecule has 0 bridgehead atoms. The summed E-state index contributed by atoms with van der Waals surface area (Å²) in [6.45, 7) is 3.56. The molecule has 0 spiro atoms. The van der Waals surface area contributed by atoms with E-state index in [1.807, 2.05) is 0 Å². The zero-order valence-electron chi connectivity index (χ0n) is 5.59. The number of aliphatic carboxylic acids is 1. The minimum absolute atomic E-state index is 0.0139. The van der Waals surface area contributed by atoms with Crippen molar-refractivity contribution in [1.29, 1.82) is 5.41 Å². The molecule has 1 unspecified atom stereocenters. The third kappa shape index (κ3) is 2.26. The Labute approximate surface area is 54.2 Å². The van der Waals surface area contributed by atoms with Gasteiger partial charge < -0.3 is 10.5 Å². The van der Waals surface area contributed by atoms with Crippen LogP contribution in [0.4, 0.5) is 0 Å². The van der Waals surface area contributed by atoms with Gasteiger partial charge in [-0.15, -0.1) is 0 Å². The molecule has 0 amide bonds. The van der Waals surface area contributed by atoms with Crippen molar-refractivity contribution in [3.05, 3.63) is 0 Å². The summed E-state index contributed by atoms with van der Waals surface area (Å²) in [6.07, 6.45) is 0.965. The average molecular weight is 129 g/mol. The van der Waals surface area contributed by atoms with Crippen molar-refractivity contribution in [1.82, 2.24) is 0 Å². The monoisotopic (exact) mass is 129 g/mol. The van der Waals surface area contributed by atoms with E-state index in [1.165, 1.54) is 0 Å². The van der Waals surface area contributed by atoms with E-state index in [0.29, 0.717) is 0 Å². The van der Waals surface area contributed by atoms with Crippen LogP contribution in [0.15, 0.2) is 0 Å². The van der Waals surface area contributed by atoms with Crippen molar-refractivity contribution in [2.45, 2.75) is 13.8 Å². The van der Waals surface area contributed by atoms with Gasteiger partial charge in [0.15, 0.2) is 0 Å². The molecule has 0 aromatic rings. The van der Waals surface area contributed by atoms with E-state index in [4.69, 9.17) is 10.5 Å². The largest absolute Gasteiger partial charge is 0.481 e. The van der Waals surface area contributed by atoms with Crippen LogP contribution >= 0.6 is 0 Å². The third-order valence-corrected chi connectivity index (χ3v) is 1.18. The smallest absolute Gasteiger partial charge is 0.312 e. The molecule has 9 heavy (non-hydrogen) atoms. The SMILES string of the molecule is CC(C)C(C=N)C(=O)O. The molecule has 3 heteroatoms. The molecule has 0 aromatic carbocycles. The zero-order chi connectivity index (χ0) is 7.44. The van der Waals surface area contributed by atoms with Gasteiger partial charge in [0.25, 0.3) is 0 Å². The van der Waals surface area contributed by atoms with Crippen LogP contribution in [0.5, 0.6) is 0 Å². The molecule has 52 valence electrons. The Hall–Kier alpha value is -0.860. The number of carboxylic acids is 1. The molecular weight excluding hydrogens is 118 g/mol. The van der Waals surface area contributed by atoms with E-state index in [0.717, 1.165) is 6.21 Å². The molecule has 1 atom stereocenters. The van der Waals surface area contributed by atoms with Gasteiger partial charge in [-0.1, -0.05) is 13.8 Å². The molecule has 0 saturated heterocycles. The van der Waals surface area contributed by atoms with Gasteiger partial charge in [-0.25, -0.2) is 0 Å². The predicted octanol–water partition coefficient (Wildman–Crippen LogP) is 0.993. The van der Waals surface area contributed by atoms with Crippen molar-refractivity contribution in [2.24, 2.45) is 11.8 Å². The van der Waals surface area contributed by atoms with Crippen molar-refractivity contribution < 1.29 is 9.90 Å². The quantitative estimate of drug-likeness (QED) is 0.558. The van der Waals surface area contributed by atoms with E-state index in [2.05, 4.69) is 0 Å². The van der Waals surface area contributed by atoms with Crippen LogP contribution in [-0.2, 0) is 4.79 Å². The van der Waals surface area contributed by atoms with Gasteiger partial charge in [0, 0.05) is 6.21 Å². The summed E-state index contributed by atoms with van der Waals surface area (Å²) >= 11 is 0. The lowest BCUT2D eigenvalue weighted by Crippen LogP contribution is -2.20. The van der Waals surface area contributed by atoms with Gasteiger partial charge in [0.2, 0.25) is 0 Å². The number of carbonyl (C=O) groups is 1. The van der Waals surface area contributed by atoms with Crippen LogP contribution in [0.3, 0.4) is 0 Å². The molecule has 0 saturated carbocycles. The van der Waals surface area contributed by atoms with Crippen molar-refractivity contribution in [2.75, 3.05) is 0 Å². The molecule has 0 aliphatic carbocycles. The van der Waals surface area contributed by atoms with Gasteiger partial charge >= 0.3 is 5.97 Å². The number of hydrogen-bond acceptors (Lipinski definition) is 2. The maximum Gasteiger partial charge on any atom is 0.312 e. The third-order valence-electron chi connectivity index (χ3n) is 1.18. The first-order valence-corrected chi connectivity index (χ1v) is 2.83. The lowest BCUT2D eigenvalue weighted by molar-refractivity contribution is -0.140. The summed E-state index contributed by atoms with van der Waals surface area (Å²) in [4.78, 5) is 10.2. The molecule has 0 fully saturated rings. The first-order chi connectivity index (χ1) is 4.09. The second-order valence-corrected chi connectivity index (χ2v) is 2.27. The van der Waals surface area contributed by atoms with Crippen molar-refractivity contribution >= 4 is 12.2 Å². The zero-order valence-corrected chi connectivity index (χ0v) is 5.59. The fraction of sp³-hybridized carbons (Fsp3) is 0.667. The van der Waals surface area contributed by atoms with E-state index in [1.54, 1.807) is 13.8 Å². The molecular formula is C6H11NO2. The highest BCUT2D eigenvalue weighted by Crippen LogP contribution is 2.06. The van der Waals surface area contributed by atoms with Gasteiger partial charge in [0.05, 0.1) is 5.92 Å². The van der Waals surface area contributed by atoms with Gasteiger partial charge in [-0.3, -0.25) is 4.79 Å². The van der Waals surface area contributed by atoms with Crippen molar-refractivity contribution in [3.8, 4) is 0 Å². The Morgan fingerprint density at radius 3 is 2.11 bits per heavy atom. The standard InChI is InChI=1S/C6H11NO2/c1-4(2)5(3-7)6(8)9/h3-5,7H,1-2H3,(H,8,9). The molecule has 0 heterocycles. The van der Waals surface area contributed by atoms with E-state index >= 15 is 0 Å². The number of hydrogen-bond donors (Lipinski definition) is 2. The summed E-state index contributed by atoms with van der Waals surface area (Å²) in [5, 5.41) is 15.1. The Balaban J connectivity index is 3.98. The van der Waals surface area contributed by atoms with E-state index < -0.39 is 11.9 Å².